The summed E-state index contributed by atoms with van der Waals surface area (Å²) < 4.78 is 0. The standard InChI is InChI=1S/C21H24N4O2S2/c1-14(2)19(16-10-7-13-28-16)23-17(26)11-6-12-18-24-25-21(29-18)20(27)22-15-8-4-3-5-9-15/h3-5,7-10,13-14,19H,6,11-12H2,1-2H3,(H,22,27)(H,23,26). The first-order chi connectivity index (χ1) is 14.0. The van der Waals surface area contributed by atoms with Crippen LogP contribution in [0.1, 0.15) is 52.4 Å². The van der Waals surface area contributed by atoms with Crippen molar-refractivity contribution in [2.75, 3.05) is 5.32 Å². The second-order valence-corrected chi connectivity index (χ2v) is 9.02. The largest absolute Gasteiger partial charge is 0.348 e. The van der Waals surface area contributed by atoms with Crippen molar-refractivity contribution in [2.24, 2.45) is 5.92 Å². The number of carbonyl (C=O) groups excluding carboxylic acids is 2. The van der Waals surface area contributed by atoms with E-state index in [1.165, 1.54) is 16.2 Å². The minimum absolute atomic E-state index is 0.0312. The molecule has 0 spiro atoms. The second-order valence-electron chi connectivity index (χ2n) is 6.98. The number of hydrogen-bond acceptors (Lipinski definition) is 6. The third-order valence-corrected chi connectivity index (χ3v) is 6.26. The van der Waals surface area contributed by atoms with Gasteiger partial charge >= 0.3 is 0 Å². The lowest BCUT2D eigenvalue weighted by molar-refractivity contribution is -0.122. The minimum atomic E-state index is -0.270. The maximum absolute atomic E-state index is 12.4. The molecule has 29 heavy (non-hydrogen) atoms. The maximum atomic E-state index is 12.4. The molecule has 3 rings (SSSR count). The molecule has 2 N–H and O–H groups in total. The summed E-state index contributed by atoms with van der Waals surface area (Å²) in [6.45, 7) is 4.21. The van der Waals surface area contributed by atoms with Gasteiger partial charge in [-0.2, -0.15) is 0 Å². The normalized spacial score (nSPS) is 12.0. The molecule has 3 aromatic rings. The summed E-state index contributed by atoms with van der Waals surface area (Å²) in [4.78, 5) is 25.8. The number of amides is 2. The van der Waals surface area contributed by atoms with Gasteiger partial charge in [-0.1, -0.05) is 49.4 Å². The van der Waals surface area contributed by atoms with Crippen LogP contribution >= 0.6 is 22.7 Å². The van der Waals surface area contributed by atoms with Crippen LogP contribution in [0.15, 0.2) is 47.8 Å². The molecule has 152 valence electrons. The van der Waals surface area contributed by atoms with Crippen molar-refractivity contribution < 1.29 is 9.59 Å². The topological polar surface area (TPSA) is 84.0 Å². The van der Waals surface area contributed by atoms with E-state index < -0.39 is 0 Å². The third kappa shape index (κ3) is 6.20. The number of para-hydroxylation sites is 1. The predicted molar refractivity (Wildman–Crippen MR) is 117 cm³/mol. The lowest BCUT2D eigenvalue weighted by atomic mass is 10.0. The highest BCUT2D eigenvalue weighted by atomic mass is 32.1. The van der Waals surface area contributed by atoms with Crippen LogP contribution in [0.2, 0.25) is 0 Å². The summed E-state index contributed by atoms with van der Waals surface area (Å²) >= 11 is 2.92. The van der Waals surface area contributed by atoms with Crippen molar-refractivity contribution in [1.29, 1.82) is 0 Å². The molecule has 2 heterocycles. The number of aromatic nitrogens is 2. The summed E-state index contributed by atoms with van der Waals surface area (Å²) in [5.41, 5.74) is 0.719. The molecule has 2 aromatic heterocycles. The lowest BCUT2D eigenvalue weighted by Gasteiger charge is -2.21. The van der Waals surface area contributed by atoms with Crippen molar-refractivity contribution >= 4 is 40.2 Å². The van der Waals surface area contributed by atoms with Gasteiger partial charge in [0.2, 0.25) is 10.9 Å². The van der Waals surface area contributed by atoms with E-state index in [-0.39, 0.29) is 17.9 Å². The van der Waals surface area contributed by atoms with E-state index in [4.69, 9.17) is 0 Å². The van der Waals surface area contributed by atoms with E-state index >= 15 is 0 Å². The van der Waals surface area contributed by atoms with Gasteiger partial charge in [0, 0.05) is 23.4 Å². The molecular weight excluding hydrogens is 404 g/mol. The quantitative estimate of drug-likeness (QED) is 0.518. The highest BCUT2D eigenvalue weighted by molar-refractivity contribution is 7.13. The number of nitrogens with zero attached hydrogens (tertiary/aromatic N) is 2. The molecule has 0 saturated carbocycles. The first-order valence-electron chi connectivity index (χ1n) is 9.54. The van der Waals surface area contributed by atoms with Gasteiger partial charge in [0.15, 0.2) is 0 Å². The molecule has 0 aliphatic carbocycles. The molecule has 0 saturated heterocycles. The number of benzene rings is 1. The van der Waals surface area contributed by atoms with E-state index in [0.717, 1.165) is 10.7 Å². The number of aryl methyl sites for hydroxylation is 1. The van der Waals surface area contributed by atoms with E-state index in [1.54, 1.807) is 11.3 Å². The van der Waals surface area contributed by atoms with Gasteiger partial charge in [-0.3, -0.25) is 9.59 Å². The number of thiophene rings is 1. The first kappa shape index (κ1) is 21.1. The molecule has 6 nitrogen and oxygen atoms in total. The van der Waals surface area contributed by atoms with Crippen molar-refractivity contribution in [3.63, 3.8) is 0 Å². The van der Waals surface area contributed by atoms with Gasteiger partial charge in [-0.15, -0.1) is 21.5 Å². The number of nitrogens with one attached hydrogen (secondary N) is 2. The summed E-state index contributed by atoms with van der Waals surface area (Å²) in [6, 6.07) is 13.3. The molecule has 1 atom stereocenters. The first-order valence-corrected chi connectivity index (χ1v) is 11.2. The molecule has 0 bridgehead atoms. The zero-order valence-corrected chi connectivity index (χ0v) is 18.1. The van der Waals surface area contributed by atoms with Crippen molar-refractivity contribution in [3.8, 4) is 0 Å². The van der Waals surface area contributed by atoms with Gasteiger partial charge in [0.1, 0.15) is 5.01 Å². The SMILES string of the molecule is CC(C)C(NC(=O)CCCc1nnc(C(=O)Nc2ccccc2)s1)c1cccs1. The smallest absolute Gasteiger partial charge is 0.286 e. The Morgan fingerprint density at radius 1 is 1.07 bits per heavy atom. The average molecular weight is 429 g/mol. The third-order valence-electron chi connectivity index (χ3n) is 4.32. The van der Waals surface area contributed by atoms with Gasteiger partial charge in [0.25, 0.3) is 5.91 Å². The highest BCUT2D eigenvalue weighted by Gasteiger charge is 2.19. The van der Waals surface area contributed by atoms with Crippen LogP contribution in [0.25, 0.3) is 0 Å². The molecule has 0 fully saturated rings. The fourth-order valence-corrected chi connectivity index (χ4v) is 4.56. The fourth-order valence-electron chi connectivity index (χ4n) is 2.83. The van der Waals surface area contributed by atoms with Crippen LogP contribution in [-0.4, -0.2) is 22.0 Å². The average Bonchev–Trinajstić information content (AvgIpc) is 3.39. The maximum Gasteiger partial charge on any atom is 0.286 e. The van der Waals surface area contributed by atoms with Crippen LogP contribution in [0.5, 0.6) is 0 Å². The zero-order valence-electron chi connectivity index (χ0n) is 16.4. The molecule has 0 radical (unpaired) electrons. The Morgan fingerprint density at radius 3 is 2.55 bits per heavy atom. The lowest BCUT2D eigenvalue weighted by Crippen LogP contribution is -2.31. The number of hydrogen-bond donors (Lipinski definition) is 2. The number of rotatable bonds is 9. The molecule has 1 aromatic carbocycles. The number of anilines is 1. The van der Waals surface area contributed by atoms with Crippen molar-refractivity contribution in [2.45, 2.75) is 39.2 Å². The summed E-state index contributed by atoms with van der Waals surface area (Å²) in [5, 5.41) is 17.1. The Kier molecular flexibility index (Phi) is 7.48. The Balaban J connectivity index is 1.46. The van der Waals surface area contributed by atoms with Crippen LogP contribution in [0.3, 0.4) is 0 Å². The van der Waals surface area contributed by atoms with Crippen LogP contribution in [0.4, 0.5) is 5.69 Å². The van der Waals surface area contributed by atoms with Crippen LogP contribution in [0, 0.1) is 5.92 Å². The van der Waals surface area contributed by atoms with Crippen molar-refractivity contribution in [3.05, 3.63) is 62.7 Å². The Hall–Kier alpha value is -2.58. The molecule has 2 amide bonds. The number of carbonyl (C=O) groups is 2. The van der Waals surface area contributed by atoms with E-state index in [9.17, 15) is 9.59 Å². The zero-order chi connectivity index (χ0) is 20.6. The van der Waals surface area contributed by atoms with Gasteiger partial charge < -0.3 is 10.6 Å². The second kappa shape index (κ2) is 10.3. The summed E-state index contributed by atoms with van der Waals surface area (Å²) in [6.07, 6.45) is 1.70. The Labute approximate surface area is 178 Å². The fraction of sp³-hybridized carbons (Fsp3) is 0.333. The molecule has 8 heteroatoms. The van der Waals surface area contributed by atoms with Gasteiger partial charge in [0.05, 0.1) is 6.04 Å². The molecule has 1 unspecified atom stereocenters. The Bertz CT molecular complexity index is 923. The van der Waals surface area contributed by atoms with Gasteiger partial charge in [-0.05, 0) is 35.9 Å². The van der Waals surface area contributed by atoms with E-state index in [1.807, 2.05) is 41.8 Å². The van der Waals surface area contributed by atoms with E-state index in [2.05, 4.69) is 40.7 Å². The minimum Gasteiger partial charge on any atom is -0.348 e. The monoisotopic (exact) mass is 428 g/mol. The van der Waals surface area contributed by atoms with Crippen LogP contribution < -0.4 is 10.6 Å². The predicted octanol–water partition coefficient (Wildman–Crippen LogP) is 4.69. The summed E-state index contributed by atoms with van der Waals surface area (Å²) in [5.74, 6) is 0.0866. The van der Waals surface area contributed by atoms with Gasteiger partial charge in [-0.25, -0.2) is 0 Å². The molecule has 0 aliphatic heterocycles. The highest BCUT2D eigenvalue weighted by Crippen LogP contribution is 2.26. The van der Waals surface area contributed by atoms with Crippen LogP contribution in [-0.2, 0) is 11.2 Å². The molecular formula is C21H24N4O2S2. The van der Waals surface area contributed by atoms with Crippen molar-refractivity contribution in [1.82, 2.24) is 15.5 Å². The van der Waals surface area contributed by atoms with E-state index in [0.29, 0.717) is 30.2 Å². The Morgan fingerprint density at radius 2 is 1.86 bits per heavy atom. The molecule has 0 aliphatic rings. The summed E-state index contributed by atoms with van der Waals surface area (Å²) in [7, 11) is 0.